The molecule has 150 valence electrons. The van der Waals surface area contributed by atoms with Crippen molar-refractivity contribution in [2.75, 3.05) is 10.6 Å². The monoisotopic (exact) mass is 440 g/mol. The first kappa shape index (κ1) is 21.0. The fourth-order valence-corrected chi connectivity index (χ4v) is 5.34. The van der Waals surface area contributed by atoms with Crippen LogP contribution in [0.3, 0.4) is 0 Å². The number of hydrogen-bond donors (Lipinski definition) is 1. The molecule has 0 aliphatic heterocycles. The molecule has 0 fully saturated rings. The first-order valence-electron chi connectivity index (χ1n) is 9.00. The van der Waals surface area contributed by atoms with Crippen LogP contribution in [0.15, 0.2) is 42.5 Å². The number of fused-ring (bicyclic) bond motifs is 1. The number of benzene rings is 2. The van der Waals surface area contributed by atoms with Gasteiger partial charge in [0.1, 0.15) is 6.04 Å². The van der Waals surface area contributed by atoms with E-state index < -0.39 is 16.1 Å². The number of sulfonamides is 1. The van der Waals surface area contributed by atoms with E-state index in [0.29, 0.717) is 10.0 Å². The van der Waals surface area contributed by atoms with Crippen LogP contribution in [-0.4, -0.2) is 26.6 Å². The molecule has 0 saturated carbocycles. The van der Waals surface area contributed by atoms with E-state index >= 15 is 0 Å². The van der Waals surface area contributed by atoms with Gasteiger partial charge in [-0.3, -0.25) is 9.10 Å². The Morgan fingerprint density at radius 1 is 1.18 bits per heavy atom. The Morgan fingerprint density at radius 3 is 2.46 bits per heavy atom. The molecule has 2 aromatic carbocycles. The number of carbonyl (C=O) groups is 1. The molecule has 0 unspecified atom stereocenters. The van der Waals surface area contributed by atoms with Crippen LogP contribution in [0, 0.1) is 0 Å². The van der Waals surface area contributed by atoms with Gasteiger partial charge in [-0.05, 0) is 55.5 Å². The summed E-state index contributed by atoms with van der Waals surface area (Å²) in [7, 11) is -3.74. The largest absolute Gasteiger partial charge is 0.347 e. The lowest BCUT2D eigenvalue weighted by Gasteiger charge is -2.32. The lowest BCUT2D eigenvalue weighted by Crippen LogP contribution is -2.49. The van der Waals surface area contributed by atoms with Crippen LogP contribution in [-0.2, 0) is 21.2 Å². The van der Waals surface area contributed by atoms with Gasteiger partial charge < -0.3 is 5.32 Å². The second-order valence-electron chi connectivity index (χ2n) is 7.01. The molecule has 2 aromatic rings. The summed E-state index contributed by atoms with van der Waals surface area (Å²) in [5.74, 6) is -0.372. The van der Waals surface area contributed by atoms with E-state index in [1.165, 1.54) is 23.8 Å². The molecule has 1 N–H and O–H groups in total. The van der Waals surface area contributed by atoms with Crippen LogP contribution in [0.4, 0.5) is 5.69 Å². The fraction of sp³-hybridized carbons (Fsp3) is 0.350. The minimum Gasteiger partial charge on any atom is -0.347 e. The molecule has 5 nitrogen and oxygen atoms in total. The Morgan fingerprint density at radius 2 is 1.82 bits per heavy atom. The maximum Gasteiger partial charge on any atom is 0.244 e. The van der Waals surface area contributed by atoms with E-state index in [9.17, 15) is 13.2 Å². The van der Waals surface area contributed by atoms with Crippen molar-refractivity contribution in [2.45, 2.75) is 38.3 Å². The lowest BCUT2D eigenvalue weighted by molar-refractivity contribution is -0.122. The molecule has 2 atom stereocenters. The molecule has 1 aliphatic carbocycles. The third-order valence-corrected chi connectivity index (χ3v) is 6.55. The van der Waals surface area contributed by atoms with Crippen molar-refractivity contribution in [1.29, 1.82) is 0 Å². The summed E-state index contributed by atoms with van der Waals surface area (Å²) in [5.41, 5.74) is 2.56. The van der Waals surface area contributed by atoms with Gasteiger partial charge in [0.15, 0.2) is 0 Å². The molecule has 0 bridgehead atoms. The number of aryl methyl sites for hydroxylation is 1. The van der Waals surface area contributed by atoms with Gasteiger partial charge in [-0.15, -0.1) is 0 Å². The Balaban J connectivity index is 1.88. The minimum absolute atomic E-state index is 0.135. The first-order valence-corrected chi connectivity index (χ1v) is 11.6. The number of anilines is 1. The van der Waals surface area contributed by atoms with Crippen molar-refractivity contribution >= 4 is 44.8 Å². The van der Waals surface area contributed by atoms with Crippen LogP contribution < -0.4 is 9.62 Å². The van der Waals surface area contributed by atoms with Crippen LogP contribution >= 0.6 is 23.2 Å². The van der Waals surface area contributed by atoms with E-state index in [-0.39, 0.29) is 17.6 Å². The zero-order valence-corrected chi connectivity index (χ0v) is 18.0. The summed E-state index contributed by atoms with van der Waals surface area (Å²) in [6.45, 7) is 1.56. The van der Waals surface area contributed by atoms with Gasteiger partial charge in [0.05, 0.1) is 18.0 Å². The van der Waals surface area contributed by atoms with Gasteiger partial charge in [0.25, 0.3) is 0 Å². The van der Waals surface area contributed by atoms with Crippen molar-refractivity contribution in [1.82, 2.24) is 5.32 Å². The van der Waals surface area contributed by atoms with Crippen LogP contribution in [0.5, 0.6) is 0 Å². The molecule has 0 aromatic heterocycles. The number of amides is 1. The van der Waals surface area contributed by atoms with Crippen LogP contribution in [0.2, 0.25) is 10.0 Å². The van der Waals surface area contributed by atoms with Crippen LogP contribution in [0.1, 0.15) is 36.9 Å². The van der Waals surface area contributed by atoms with Gasteiger partial charge in [-0.1, -0.05) is 47.5 Å². The fourth-order valence-electron chi connectivity index (χ4n) is 3.67. The third-order valence-electron chi connectivity index (χ3n) is 4.88. The zero-order chi connectivity index (χ0) is 20.5. The number of carbonyl (C=O) groups excluding carboxylic acids is 1. The Hall–Kier alpha value is -1.76. The first-order chi connectivity index (χ1) is 13.2. The number of rotatable bonds is 5. The lowest BCUT2D eigenvalue weighted by atomic mass is 9.87. The quantitative estimate of drug-likeness (QED) is 0.751. The van der Waals surface area contributed by atoms with E-state index in [2.05, 4.69) is 11.4 Å². The van der Waals surface area contributed by atoms with Crippen LogP contribution in [0.25, 0.3) is 0 Å². The van der Waals surface area contributed by atoms with Crippen molar-refractivity contribution < 1.29 is 13.2 Å². The smallest absolute Gasteiger partial charge is 0.244 e. The predicted octanol–water partition coefficient (Wildman–Crippen LogP) is 4.34. The minimum atomic E-state index is -3.74. The average molecular weight is 441 g/mol. The predicted molar refractivity (Wildman–Crippen MR) is 114 cm³/mol. The number of hydrogen-bond acceptors (Lipinski definition) is 3. The highest BCUT2D eigenvalue weighted by molar-refractivity contribution is 7.92. The van der Waals surface area contributed by atoms with Gasteiger partial charge in [-0.2, -0.15) is 0 Å². The number of nitrogens with one attached hydrogen (secondary N) is 1. The Kier molecular flexibility index (Phi) is 6.22. The molecular weight excluding hydrogens is 419 g/mol. The van der Waals surface area contributed by atoms with Gasteiger partial charge in [0.2, 0.25) is 15.9 Å². The molecule has 28 heavy (non-hydrogen) atoms. The molecule has 0 radical (unpaired) electrons. The topological polar surface area (TPSA) is 66.5 Å². The molecular formula is C20H22Cl2N2O3S. The van der Waals surface area contributed by atoms with Crippen molar-refractivity contribution in [3.8, 4) is 0 Å². The Bertz CT molecular complexity index is 974. The third kappa shape index (κ3) is 4.62. The summed E-state index contributed by atoms with van der Waals surface area (Å²) >= 11 is 12.1. The van der Waals surface area contributed by atoms with Crippen molar-refractivity contribution in [2.24, 2.45) is 0 Å². The maximum absolute atomic E-state index is 13.0. The van der Waals surface area contributed by atoms with Gasteiger partial charge in [0, 0.05) is 10.0 Å². The highest BCUT2D eigenvalue weighted by Crippen LogP contribution is 2.31. The summed E-state index contributed by atoms with van der Waals surface area (Å²) < 4.78 is 26.0. The van der Waals surface area contributed by atoms with Crippen molar-refractivity contribution in [3.63, 3.8) is 0 Å². The number of halogens is 2. The normalized spacial score (nSPS) is 17.5. The Labute approximate surface area is 175 Å². The summed E-state index contributed by atoms with van der Waals surface area (Å²) in [5, 5.41) is 3.61. The van der Waals surface area contributed by atoms with E-state index in [4.69, 9.17) is 23.2 Å². The summed E-state index contributed by atoms with van der Waals surface area (Å²) in [6, 6.07) is 11.4. The van der Waals surface area contributed by atoms with Gasteiger partial charge >= 0.3 is 0 Å². The standard InChI is InChI=1S/C20H22Cl2N2O3S/c1-13(24(28(2,26)27)17-11-15(21)10-16(22)12-17)20(25)23-19-9-5-7-14-6-3-4-8-18(14)19/h3-4,6,8,10-13,19H,5,7,9H2,1-2H3,(H,23,25)/t13-,19-/m0/s1. The maximum atomic E-state index is 13.0. The molecule has 8 heteroatoms. The second-order valence-corrected chi connectivity index (χ2v) is 9.75. The number of nitrogens with zero attached hydrogens (tertiary/aromatic N) is 1. The van der Waals surface area contributed by atoms with E-state index in [1.807, 2.05) is 18.2 Å². The highest BCUT2D eigenvalue weighted by atomic mass is 35.5. The molecule has 3 rings (SSSR count). The summed E-state index contributed by atoms with van der Waals surface area (Å²) in [6.07, 6.45) is 3.82. The van der Waals surface area contributed by atoms with E-state index in [1.54, 1.807) is 6.92 Å². The second kappa shape index (κ2) is 8.31. The molecule has 0 heterocycles. The highest BCUT2D eigenvalue weighted by Gasteiger charge is 2.31. The molecule has 0 saturated heterocycles. The van der Waals surface area contributed by atoms with Gasteiger partial charge in [-0.25, -0.2) is 8.42 Å². The average Bonchev–Trinajstić information content (AvgIpc) is 2.60. The van der Waals surface area contributed by atoms with E-state index in [0.717, 1.165) is 35.4 Å². The zero-order valence-electron chi connectivity index (χ0n) is 15.7. The summed E-state index contributed by atoms with van der Waals surface area (Å²) in [4.78, 5) is 13.0. The molecule has 0 spiro atoms. The molecule has 1 amide bonds. The molecule has 1 aliphatic rings. The van der Waals surface area contributed by atoms with Crippen molar-refractivity contribution in [3.05, 3.63) is 63.6 Å². The SMILES string of the molecule is C[C@@H](C(=O)N[C@H]1CCCc2ccccc21)N(c1cc(Cl)cc(Cl)c1)S(C)(=O)=O.